The Kier molecular flexibility index (Phi) is 5.43. The molecule has 0 saturated carbocycles. The first-order valence-corrected chi connectivity index (χ1v) is 8.02. The van der Waals surface area contributed by atoms with Gasteiger partial charge in [0.15, 0.2) is 6.10 Å². The van der Waals surface area contributed by atoms with E-state index in [1.165, 1.54) is 11.1 Å². The molecule has 1 amide bonds. The SMILES string of the molecule is CC[C@@H](Oc1ccc(C)cc1)C(=O)Nc1c(C)cc(C)cc1C. The normalized spacial score (nSPS) is 11.9. The number of amides is 1. The number of carbonyl (C=O) groups is 1. The Bertz CT molecular complexity index is 666. The van der Waals surface area contributed by atoms with Crippen LogP contribution < -0.4 is 10.1 Å². The van der Waals surface area contributed by atoms with Gasteiger partial charge in [-0.3, -0.25) is 4.79 Å². The van der Waals surface area contributed by atoms with Gasteiger partial charge in [-0.2, -0.15) is 0 Å². The number of carbonyl (C=O) groups excluding carboxylic acids is 1. The topological polar surface area (TPSA) is 38.3 Å². The molecule has 2 aromatic carbocycles. The Labute approximate surface area is 138 Å². The number of benzene rings is 2. The predicted molar refractivity (Wildman–Crippen MR) is 95.2 cm³/mol. The number of rotatable bonds is 5. The van der Waals surface area contributed by atoms with Crippen molar-refractivity contribution in [3.05, 3.63) is 58.7 Å². The largest absolute Gasteiger partial charge is 0.481 e. The van der Waals surface area contributed by atoms with E-state index in [0.717, 1.165) is 22.6 Å². The number of hydrogen-bond acceptors (Lipinski definition) is 2. The molecule has 0 aromatic heterocycles. The summed E-state index contributed by atoms with van der Waals surface area (Å²) in [5.41, 5.74) is 5.38. The molecule has 3 nitrogen and oxygen atoms in total. The Morgan fingerprint density at radius 1 is 1.00 bits per heavy atom. The summed E-state index contributed by atoms with van der Waals surface area (Å²) < 4.78 is 5.84. The van der Waals surface area contributed by atoms with Crippen LogP contribution in [0.2, 0.25) is 0 Å². The Hall–Kier alpha value is -2.29. The van der Waals surface area contributed by atoms with Crippen LogP contribution in [-0.2, 0) is 4.79 Å². The zero-order valence-electron chi connectivity index (χ0n) is 14.6. The van der Waals surface area contributed by atoms with Gasteiger partial charge in [-0.05, 0) is 57.4 Å². The highest BCUT2D eigenvalue weighted by molar-refractivity contribution is 5.95. The summed E-state index contributed by atoms with van der Waals surface area (Å²) in [5.74, 6) is 0.609. The average molecular weight is 311 g/mol. The molecule has 2 aromatic rings. The molecule has 0 radical (unpaired) electrons. The van der Waals surface area contributed by atoms with E-state index in [1.807, 2.05) is 52.0 Å². The van der Waals surface area contributed by atoms with Crippen LogP contribution in [0, 0.1) is 27.7 Å². The second kappa shape index (κ2) is 7.32. The maximum atomic E-state index is 12.6. The second-order valence-corrected chi connectivity index (χ2v) is 6.09. The van der Waals surface area contributed by atoms with Gasteiger partial charge in [-0.15, -0.1) is 0 Å². The van der Waals surface area contributed by atoms with Gasteiger partial charge in [0.2, 0.25) is 0 Å². The smallest absolute Gasteiger partial charge is 0.265 e. The third-order valence-electron chi connectivity index (χ3n) is 3.89. The standard InChI is InChI=1S/C20H25NO2/c1-6-18(23-17-9-7-13(2)8-10-17)20(22)21-19-15(4)11-14(3)12-16(19)5/h7-12,18H,6H2,1-5H3,(H,21,22)/t18-/m1/s1. The lowest BCUT2D eigenvalue weighted by Gasteiger charge is -2.19. The van der Waals surface area contributed by atoms with Crippen molar-refractivity contribution >= 4 is 11.6 Å². The fraction of sp³-hybridized carbons (Fsp3) is 0.350. The first-order valence-electron chi connectivity index (χ1n) is 8.02. The lowest BCUT2D eigenvalue weighted by Crippen LogP contribution is -2.32. The number of aryl methyl sites for hydroxylation is 4. The minimum absolute atomic E-state index is 0.108. The molecule has 3 heteroatoms. The van der Waals surface area contributed by atoms with Crippen molar-refractivity contribution < 1.29 is 9.53 Å². The van der Waals surface area contributed by atoms with Crippen molar-refractivity contribution in [1.82, 2.24) is 0 Å². The minimum Gasteiger partial charge on any atom is -0.481 e. The molecular weight excluding hydrogens is 286 g/mol. The second-order valence-electron chi connectivity index (χ2n) is 6.09. The highest BCUT2D eigenvalue weighted by atomic mass is 16.5. The fourth-order valence-corrected chi connectivity index (χ4v) is 2.68. The van der Waals surface area contributed by atoms with Crippen LogP contribution in [0.3, 0.4) is 0 Å². The van der Waals surface area contributed by atoms with Gasteiger partial charge in [0.1, 0.15) is 5.75 Å². The Balaban J connectivity index is 2.13. The van der Waals surface area contributed by atoms with Crippen molar-refractivity contribution in [2.24, 2.45) is 0 Å². The van der Waals surface area contributed by atoms with E-state index in [4.69, 9.17) is 4.74 Å². The zero-order chi connectivity index (χ0) is 17.0. The molecule has 1 atom stereocenters. The molecule has 122 valence electrons. The van der Waals surface area contributed by atoms with E-state index in [0.29, 0.717) is 6.42 Å². The summed E-state index contributed by atoms with van der Waals surface area (Å²) in [6, 6.07) is 11.9. The van der Waals surface area contributed by atoms with E-state index < -0.39 is 6.10 Å². The summed E-state index contributed by atoms with van der Waals surface area (Å²) in [6.07, 6.45) is 0.113. The number of nitrogens with one attached hydrogen (secondary N) is 1. The maximum Gasteiger partial charge on any atom is 0.265 e. The monoisotopic (exact) mass is 311 g/mol. The average Bonchev–Trinajstić information content (AvgIpc) is 2.50. The van der Waals surface area contributed by atoms with Gasteiger partial charge in [-0.25, -0.2) is 0 Å². The first kappa shape index (κ1) is 17.1. The van der Waals surface area contributed by atoms with Crippen LogP contribution in [0.5, 0.6) is 5.75 Å². The summed E-state index contributed by atoms with van der Waals surface area (Å²) >= 11 is 0. The van der Waals surface area contributed by atoms with Crippen molar-refractivity contribution in [3.63, 3.8) is 0 Å². The van der Waals surface area contributed by atoms with Crippen LogP contribution in [0.1, 0.15) is 35.6 Å². The lowest BCUT2D eigenvalue weighted by molar-refractivity contribution is -0.122. The molecule has 0 unspecified atom stereocenters. The fourth-order valence-electron chi connectivity index (χ4n) is 2.68. The van der Waals surface area contributed by atoms with Gasteiger partial charge in [0, 0.05) is 5.69 Å². The van der Waals surface area contributed by atoms with Gasteiger partial charge in [0.05, 0.1) is 0 Å². The lowest BCUT2D eigenvalue weighted by atomic mass is 10.0. The molecule has 0 spiro atoms. The third kappa shape index (κ3) is 4.35. The van der Waals surface area contributed by atoms with E-state index >= 15 is 0 Å². The molecule has 0 fully saturated rings. The van der Waals surface area contributed by atoms with Crippen molar-refractivity contribution in [3.8, 4) is 5.75 Å². The first-order chi connectivity index (χ1) is 10.9. The van der Waals surface area contributed by atoms with Crippen LogP contribution in [-0.4, -0.2) is 12.0 Å². The zero-order valence-corrected chi connectivity index (χ0v) is 14.6. The van der Waals surface area contributed by atoms with Crippen LogP contribution >= 0.6 is 0 Å². The van der Waals surface area contributed by atoms with Crippen molar-refractivity contribution in [2.45, 2.75) is 47.1 Å². The molecule has 23 heavy (non-hydrogen) atoms. The summed E-state index contributed by atoms with van der Waals surface area (Å²) in [4.78, 5) is 12.6. The van der Waals surface area contributed by atoms with E-state index in [9.17, 15) is 4.79 Å². The minimum atomic E-state index is -0.502. The number of anilines is 1. The molecule has 0 heterocycles. The third-order valence-corrected chi connectivity index (χ3v) is 3.89. The van der Waals surface area contributed by atoms with Gasteiger partial charge in [0.25, 0.3) is 5.91 Å². The van der Waals surface area contributed by atoms with Gasteiger partial charge >= 0.3 is 0 Å². The predicted octanol–water partition coefficient (Wildman–Crippen LogP) is 4.72. The quantitative estimate of drug-likeness (QED) is 0.868. The Morgan fingerprint density at radius 2 is 1.57 bits per heavy atom. The van der Waals surface area contributed by atoms with Gasteiger partial charge in [-0.1, -0.05) is 42.3 Å². The molecule has 0 aliphatic heterocycles. The van der Waals surface area contributed by atoms with E-state index in [1.54, 1.807) is 0 Å². The van der Waals surface area contributed by atoms with Crippen LogP contribution in [0.4, 0.5) is 5.69 Å². The maximum absolute atomic E-state index is 12.6. The molecule has 2 rings (SSSR count). The van der Waals surface area contributed by atoms with Crippen LogP contribution in [0.25, 0.3) is 0 Å². The summed E-state index contributed by atoms with van der Waals surface area (Å²) in [6.45, 7) is 10.1. The molecular formula is C20H25NO2. The van der Waals surface area contributed by atoms with Crippen molar-refractivity contribution in [1.29, 1.82) is 0 Å². The van der Waals surface area contributed by atoms with E-state index in [-0.39, 0.29) is 5.91 Å². The number of hydrogen-bond donors (Lipinski definition) is 1. The molecule has 0 saturated heterocycles. The summed E-state index contributed by atoms with van der Waals surface area (Å²) in [7, 11) is 0. The van der Waals surface area contributed by atoms with Gasteiger partial charge < -0.3 is 10.1 Å². The van der Waals surface area contributed by atoms with Crippen LogP contribution in [0.15, 0.2) is 36.4 Å². The molecule has 0 bridgehead atoms. The summed E-state index contributed by atoms with van der Waals surface area (Å²) in [5, 5.41) is 3.02. The van der Waals surface area contributed by atoms with E-state index in [2.05, 4.69) is 24.4 Å². The Morgan fingerprint density at radius 3 is 2.09 bits per heavy atom. The van der Waals surface area contributed by atoms with Crippen molar-refractivity contribution in [2.75, 3.05) is 5.32 Å². The molecule has 0 aliphatic carbocycles. The number of ether oxygens (including phenoxy) is 1. The highest BCUT2D eigenvalue weighted by Gasteiger charge is 2.20. The molecule has 1 N–H and O–H groups in total. The highest BCUT2D eigenvalue weighted by Crippen LogP contribution is 2.23. The molecule has 0 aliphatic rings.